The van der Waals surface area contributed by atoms with Crippen LogP contribution in [-0.4, -0.2) is 43.3 Å². The zero-order valence-electron chi connectivity index (χ0n) is 18.0. The van der Waals surface area contributed by atoms with Gasteiger partial charge in [-0.1, -0.05) is 23.7 Å². The van der Waals surface area contributed by atoms with E-state index in [0.29, 0.717) is 30.5 Å². The van der Waals surface area contributed by atoms with Gasteiger partial charge < -0.3 is 19.3 Å². The first-order chi connectivity index (χ1) is 14.6. The van der Waals surface area contributed by atoms with Crippen LogP contribution in [0.2, 0.25) is 5.02 Å². The van der Waals surface area contributed by atoms with Gasteiger partial charge in [-0.05, 0) is 66.0 Å². The number of hydrogen-bond acceptors (Lipinski definition) is 4. The Kier molecular flexibility index (Phi) is 5.63. The molecule has 1 unspecified atom stereocenters. The number of rotatable bonds is 2. The lowest BCUT2D eigenvalue weighted by Crippen LogP contribution is -2.60. The minimum atomic E-state index is -0.592. The van der Waals surface area contributed by atoms with Crippen molar-refractivity contribution in [1.29, 1.82) is 0 Å². The highest BCUT2D eigenvalue weighted by atomic mass is 79.9. The Labute approximate surface area is 195 Å². The molecule has 0 N–H and O–H groups in total. The molecule has 1 atom stereocenters. The van der Waals surface area contributed by atoms with Crippen molar-refractivity contribution in [2.75, 3.05) is 31.6 Å². The van der Waals surface area contributed by atoms with Crippen LogP contribution in [0.15, 0.2) is 34.8 Å². The SMILES string of the molecule is COc1cccc(C23Cc4c(cc(F)c(Cl)c4Br)N2CCN(C(=O)OC(C)(C)C)C3)c1. The molecule has 8 heteroatoms. The molecule has 0 radical (unpaired) electrons. The second-order valence-electron chi connectivity index (χ2n) is 8.98. The first-order valence-electron chi connectivity index (χ1n) is 10.1. The van der Waals surface area contributed by atoms with Gasteiger partial charge in [0.2, 0.25) is 0 Å². The van der Waals surface area contributed by atoms with Crippen LogP contribution in [0, 0.1) is 5.82 Å². The second kappa shape index (κ2) is 7.85. The van der Waals surface area contributed by atoms with Gasteiger partial charge in [0.05, 0.1) is 24.2 Å². The summed E-state index contributed by atoms with van der Waals surface area (Å²) in [7, 11) is 1.62. The van der Waals surface area contributed by atoms with Gasteiger partial charge in [-0.3, -0.25) is 0 Å². The minimum absolute atomic E-state index is 0.0726. The Morgan fingerprint density at radius 1 is 1.26 bits per heavy atom. The Morgan fingerprint density at radius 2 is 2.00 bits per heavy atom. The molecule has 31 heavy (non-hydrogen) atoms. The van der Waals surface area contributed by atoms with Crippen molar-refractivity contribution < 1.29 is 18.7 Å². The average molecular weight is 512 g/mol. The lowest BCUT2D eigenvalue weighted by atomic mass is 9.84. The van der Waals surface area contributed by atoms with E-state index in [9.17, 15) is 9.18 Å². The summed E-state index contributed by atoms with van der Waals surface area (Å²) in [5, 5.41) is 0.0726. The topological polar surface area (TPSA) is 42.0 Å². The molecule has 1 saturated heterocycles. The standard InChI is InChI=1S/C23H25BrClFN2O3/c1-22(2,3)31-21(29)27-8-9-28-18-11-17(26)20(25)19(24)16(18)12-23(28,13-27)14-6-5-7-15(10-14)30-4/h5-7,10-11H,8-9,12-13H2,1-4H3. The summed E-state index contributed by atoms with van der Waals surface area (Å²) in [4.78, 5) is 16.8. The third-order valence-corrected chi connectivity index (χ3v) is 7.29. The van der Waals surface area contributed by atoms with Gasteiger partial charge in [0.1, 0.15) is 17.2 Å². The summed E-state index contributed by atoms with van der Waals surface area (Å²) < 4.78 is 26.2. The van der Waals surface area contributed by atoms with Gasteiger partial charge in [0.25, 0.3) is 0 Å². The van der Waals surface area contributed by atoms with Gasteiger partial charge in [-0.15, -0.1) is 0 Å². The van der Waals surface area contributed by atoms with E-state index in [2.05, 4.69) is 20.8 Å². The molecular weight excluding hydrogens is 487 g/mol. The highest BCUT2D eigenvalue weighted by Gasteiger charge is 2.51. The average Bonchev–Trinajstić information content (AvgIpc) is 3.06. The minimum Gasteiger partial charge on any atom is -0.497 e. The lowest BCUT2D eigenvalue weighted by molar-refractivity contribution is 0.0164. The van der Waals surface area contributed by atoms with Gasteiger partial charge in [0, 0.05) is 29.7 Å². The Hall–Kier alpha value is -1.99. The van der Waals surface area contributed by atoms with Crippen molar-refractivity contribution in [3.63, 3.8) is 0 Å². The van der Waals surface area contributed by atoms with Crippen LogP contribution < -0.4 is 9.64 Å². The molecule has 0 spiro atoms. The van der Waals surface area contributed by atoms with E-state index < -0.39 is 17.0 Å². The molecule has 166 valence electrons. The zero-order valence-corrected chi connectivity index (χ0v) is 20.3. The molecular formula is C23H25BrClFN2O3. The fraction of sp³-hybridized carbons (Fsp3) is 0.435. The molecule has 2 heterocycles. The van der Waals surface area contributed by atoms with E-state index in [1.807, 2.05) is 45.0 Å². The van der Waals surface area contributed by atoms with Crippen molar-refractivity contribution >= 4 is 39.3 Å². The maximum Gasteiger partial charge on any atom is 0.410 e. The van der Waals surface area contributed by atoms with E-state index in [4.69, 9.17) is 21.1 Å². The quantitative estimate of drug-likeness (QED) is 0.481. The molecule has 0 aliphatic carbocycles. The number of benzene rings is 2. The number of fused-ring (bicyclic) bond motifs is 3. The maximum absolute atomic E-state index is 14.5. The molecule has 2 aliphatic rings. The number of carbonyl (C=O) groups excluding carboxylic acids is 1. The summed E-state index contributed by atoms with van der Waals surface area (Å²) in [6.45, 7) is 6.97. The highest BCUT2D eigenvalue weighted by molar-refractivity contribution is 9.10. The lowest BCUT2D eigenvalue weighted by Gasteiger charge is -2.48. The monoisotopic (exact) mass is 510 g/mol. The predicted octanol–water partition coefficient (Wildman–Crippen LogP) is 5.76. The number of anilines is 1. The predicted molar refractivity (Wildman–Crippen MR) is 123 cm³/mol. The summed E-state index contributed by atoms with van der Waals surface area (Å²) in [6, 6.07) is 9.30. The van der Waals surface area contributed by atoms with Crippen molar-refractivity contribution in [2.45, 2.75) is 38.3 Å². The molecule has 5 nitrogen and oxygen atoms in total. The van der Waals surface area contributed by atoms with Crippen molar-refractivity contribution in [2.24, 2.45) is 0 Å². The van der Waals surface area contributed by atoms with Gasteiger partial charge in [0.15, 0.2) is 0 Å². The second-order valence-corrected chi connectivity index (χ2v) is 10.1. The van der Waals surface area contributed by atoms with Crippen LogP contribution >= 0.6 is 27.5 Å². The van der Waals surface area contributed by atoms with Crippen LogP contribution in [0.25, 0.3) is 0 Å². The smallest absolute Gasteiger partial charge is 0.410 e. The third-order valence-electron chi connectivity index (χ3n) is 5.82. The summed E-state index contributed by atoms with van der Waals surface area (Å²) >= 11 is 9.70. The number of carbonyl (C=O) groups is 1. The summed E-state index contributed by atoms with van der Waals surface area (Å²) in [6.07, 6.45) is 0.212. The number of methoxy groups -OCH3 is 1. The van der Waals surface area contributed by atoms with Crippen LogP contribution in [0.1, 0.15) is 31.9 Å². The molecule has 0 aromatic heterocycles. The number of piperazine rings is 1. The molecule has 0 saturated carbocycles. The van der Waals surface area contributed by atoms with Crippen molar-refractivity contribution in [3.8, 4) is 5.75 Å². The molecule has 4 rings (SSSR count). The molecule has 2 aromatic rings. The number of amides is 1. The fourth-order valence-electron chi connectivity index (χ4n) is 4.48. The first kappa shape index (κ1) is 22.2. The van der Waals surface area contributed by atoms with E-state index in [1.165, 1.54) is 6.07 Å². The molecule has 2 aliphatic heterocycles. The number of nitrogens with zero attached hydrogens (tertiary/aromatic N) is 2. The van der Waals surface area contributed by atoms with Gasteiger partial charge in [-0.2, -0.15) is 0 Å². The molecule has 2 aromatic carbocycles. The zero-order chi connectivity index (χ0) is 22.6. The number of hydrogen-bond donors (Lipinski definition) is 0. The summed E-state index contributed by atoms with van der Waals surface area (Å²) in [5.41, 5.74) is 1.53. The normalized spacial score (nSPS) is 20.4. The van der Waals surface area contributed by atoms with E-state index in [-0.39, 0.29) is 11.1 Å². The number of ether oxygens (including phenoxy) is 2. The summed E-state index contributed by atoms with van der Waals surface area (Å²) in [5.74, 6) is 0.253. The Morgan fingerprint density at radius 3 is 2.68 bits per heavy atom. The van der Waals surface area contributed by atoms with E-state index >= 15 is 0 Å². The molecule has 1 amide bonds. The Balaban J connectivity index is 1.81. The molecule has 0 bridgehead atoms. The Bertz CT molecular complexity index is 1040. The highest BCUT2D eigenvalue weighted by Crippen LogP contribution is 2.51. The van der Waals surface area contributed by atoms with E-state index in [0.717, 1.165) is 22.6 Å². The largest absolute Gasteiger partial charge is 0.497 e. The van der Waals surface area contributed by atoms with E-state index in [1.54, 1.807) is 12.0 Å². The maximum atomic E-state index is 14.5. The molecule has 1 fully saturated rings. The fourth-order valence-corrected chi connectivity index (χ4v) is 5.18. The number of halogens is 3. The van der Waals surface area contributed by atoms with Crippen LogP contribution in [0.5, 0.6) is 5.75 Å². The van der Waals surface area contributed by atoms with Crippen molar-refractivity contribution in [3.05, 3.63) is 56.8 Å². The van der Waals surface area contributed by atoms with Gasteiger partial charge >= 0.3 is 6.09 Å². The van der Waals surface area contributed by atoms with Crippen molar-refractivity contribution in [1.82, 2.24) is 4.90 Å². The third kappa shape index (κ3) is 3.87. The van der Waals surface area contributed by atoms with Gasteiger partial charge in [-0.25, -0.2) is 9.18 Å². The first-order valence-corrected chi connectivity index (χ1v) is 11.3. The van der Waals surface area contributed by atoms with Crippen LogP contribution in [0.4, 0.5) is 14.9 Å². The van der Waals surface area contributed by atoms with Crippen LogP contribution in [0.3, 0.4) is 0 Å². The van der Waals surface area contributed by atoms with Crippen LogP contribution in [-0.2, 0) is 16.7 Å².